The number of rotatable bonds is 14. The van der Waals surface area contributed by atoms with Gasteiger partial charge >= 0.3 is 0 Å². The van der Waals surface area contributed by atoms with Crippen molar-refractivity contribution < 1.29 is 4.57 Å². The zero-order valence-corrected chi connectivity index (χ0v) is 12.8. The molecule has 0 aliphatic heterocycles. The van der Waals surface area contributed by atoms with Crippen molar-refractivity contribution in [3.05, 3.63) is 0 Å². The zero-order valence-electron chi connectivity index (χ0n) is 11.8. The first-order valence-electron chi connectivity index (χ1n) is 7.76. The van der Waals surface area contributed by atoms with Crippen molar-refractivity contribution in [1.29, 1.82) is 0 Å². The Balaban J connectivity index is 2.87. The predicted molar refractivity (Wildman–Crippen MR) is 79.6 cm³/mol. The molecule has 0 N–H and O–H groups in total. The predicted octanol–water partition coefficient (Wildman–Crippen LogP) is 6.10. The Morgan fingerprint density at radius 3 is 1.29 bits per heavy atom. The van der Waals surface area contributed by atoms with Crippen molar-refractivity contribution in [3.63, 3.8) is 0 Å². The van der Waals surface area contributed by atoms with Crippen LogP contribution in [-0.4, -0.2) is 6.16 Å². The van der Waals surface area contributed by atoms with E-state index in [4.69, 9.17) is 0 Å². The lowest BCUT2D eigenvalue weighted by Crippen LogP contribution is -1.83. The van der Waals surface area contributed by atoms with E-state index in [-0.39, 0.29) is 8.46 Å². The van der Waals surface area contributed by atoms with Crippen molar-refractivity contribution >= 4 is 8.46 Å². The second-order valence-electron chi connectivity index (χ2n) is 5.14. The molecule has 0 aliphatic carbocycles. The Morgan fingerprint density at radius 2 is 0.941 bits per heavy atom. The van der Waals surface area contributed by atoms with Gasteiger partial charge in [0.05, 0.1) is 8.46 Å². The van der Waals surface area contributed by atoms with Crippen LogP contribution in [0.2, 0.25) is 0 Å². The average Bonchev–Trinajstić information content (AvgIpc) is 2.35. The van der Waals surface area contributed by atoms with Gasteiger partial charge in [0.15, 0.2) is 0 Å². The summed E-state index contributed by atoms with van der Waals surface area (Å²) >= 11 is 0. The summed E-state index contributed by atoms with van der Waals surface area (Å²) in [5.74, 6) is 0. The molecule has 0 aromatic carbocycles. The van der Waals surface area contributed by atoms with E-state index in [1.807, 2.05) is 0 Å². The lowest BCUT2D eigenvalue weighted by Gasteiger charge is -2.02. The SMILES string of the molecule is CCCCCCCCCCCCCCC[PH]=O. The highest BCUT2D eigenvalue weighted by molar-refractivity contribution is 7.23. The van der Waals surface area contributed by atoms with Gasteiger partial charge in [0.2, 0.25) is 0 Å². The van der Waals surface area contributed by atoms with Crippen LogP contribution in [0.3, 0.4) is 0 Å². The normalized spacial score (nSPS) is 11.1. The van der Waals surface area contributed by atoms with Crippen LogP contribution in [0, 0.1) is 0 Å². The van der Waals surface area contributed by atoms with Crippen LogP contribution in [0.25, 0.3) is 0 Å². The Labute approximate surface area is 110 Å². The molecule has 0 aliphatic rings. The molecule has 0 spiro atoms. The van der Waals surface area contributed by atoms with Gasteiger partial charge < -0.3 is 0 Å². The third-order valence-corrected chi connectivity index (χ3v) is 3.94. The summed E-state index contributed by atoms with van der Waals surface area (Å²) in [6.45, 7) is 2.28. The quantitative estimate of drug-likeness (QED) is 0.272. The molecule has 0 amide bonds. The van der Waals surface area contributed by atoms with Crippen molar-refractivity contribution in [2.75, 3.05) is 6.16 Å². The summed E-state index contributed by atoms with van der Waals surface area (Å²) in [6.07, 6.45) is 18.9. The fraction of sp³-hybridized carbons (Fsp3) is 1.00. The smallest absolute Gasteiger partial charge is 0.0581 e. The fourth-order valence-electron chi connectivity index (χ4n) is 2.21. The molecule has 0 bridgehead atoms. The van der Waals surface area contributed by atoms with E-state index in [0.717, 1.165) is 6.16 Å². The molecule has 1 nitrogen and oxygen atoms in total. The van der Waals surface area contributed by atoms with Crippen molar-refractivity contribution in [3.8, 4) is 0 Å². The first-order chi connectivity index (χ1) is 8.41. The van der Waals surface area contributed by atoms with Crippen LogP contribution < -0.4 is 0 Å². The van der Waals surface area contributed by atoms with E-state index in [9.17, 15) is 4.57 Å². The van der Waals surface area contributed by atoms with Gasteiger partial charge in [-0.1, -0.05) is 84.0 Å². The maximum atomic E-state index is 10.3. The minimum absolute atomic E-state index is 0.0808. The highest BCUT2D eigenvalue weighted by atomic mass is 31.1. The van der Waals surface area contributed by atoms with Crippen LogP contribution in [0.4, 0.5) is 0 Å². The first kappa shape index (κ1) is 17.1. The van der Waals surface area contributed by atoms with Gasteiger partial charge in [0, 0.05) is 6.16 Å². The molecule has 1 unspecified atom stereocenters. The van der Waals surface area contributed by atoms with E-state index in [1.54, 1.807) is 0 Å². The third-order valence-electron chi connectivity index (χ3n) is 3.38. The van der Waals surface area contributed by atoms with Crippen LogP contribution >= 0.6 is 8.46 Å². The van der Waals surface area contributed by atoms with Gasteiger partial charge in [-0.2, -0.15) is 0 Å². The summed E-state index contributed by atoms with van der Waals surface area (Å²) in [4.78, 5) is 0. The van der Waals surface area contributed by atoms with E-state index in [0.29, 0.717) is 0 Å². The molecule has 0 rings (SSSR count). The molecule has 0 aromatic rings. The van der Waals surface area contributed by atoms with Gasteiger partial charge in [-0.25, -0.2) is 0 Å². The molecule has 0 saturated carbocycles. The minimum atomic E-state index is -0.0808. The molecule has 1 radical (unpaired) electrons. The molecular weight excluding hydrogens is 227 g/mol. The molecule has 17 heavy (non-hydrogen) atoms. The lowest BCUT2D eigenvalue weighted by molar-refractivity contribution is 0.542. The van der Waals surface area contributed by atoms with Crippen molar-refractivity contribution in [2.24, 2.45) is 0 Å². The van der Waals surface area contributed by atoms with Gasteiger partial charge in [0.25, 0.3) is 0 Å². The summed E-state index contributed by atoms with van der Waals surface area (Å²) < 4.78 is 10.3. The van der Waals surface area contributed by atoms with Crippen LogP contribution in [-0.2, 0) is 4.57 Å². The van der Waals surface area contributed by atoms with Crippen LogP contribution in [0.15, 0.2) is 0 Å². The van der Waals surface area contributed by atoms with Crippen molar-refractivity contribution in [1.82, 2.24) is 0 Å². The van der Waals surface area contributed by atoms with E-state index < -0.39 is 0 Å². The first-order valence-corrected chi connectivity index (χ1v) is 8.88. The molecule has 0 aromatic heterocycles. The van der Waals surface area contributed by atoms with Gasteiger partial charge in [-0.15, -0.1) is 0 Å². The summed E-state index contributed by atoms with van der Waals surface area (Å²) in [5, 5.41) is 0. The highest BCUT2D eigenvalue weighted by Crippen LogP contribution is 2.12. The van der Waals surface area contributed by atoms with Gasteiger partial charge in [-0.3, -0.25) is 4.57 Å². The Hall–Kier alpha value is 0.100. The minimum Gasteiger partial charge on any atom is -0.291 e. The molecule has 2 heteroatoms. The molecule has 0 heterocycles. The van der Waals surface area contributed by atoms with Crippen LogP contribution in [0.5, 0.6) is 0 Å². The van der Waals surface area contributed by atoms with E-state index in [2.05, 4.69) is 6.92 Å². The Bertz CT molecular complexity index is 148. The zero-order chi connectivity index (χ0) is 12.6. The second kappa shape index (κ2) is 16.1. The fourth-order valence-corrected chi connectivity index (χ4v) is 2.61. The topological polar surface area (TPSA) is 17.1 Å². The van der Waals surface area contributed by atoms with Crippen molar-refractivity contribution in [2.45, 2.75) is 90.4 Å². The van der Waals surface area contributed by atoms with E-state index >= 15 is 0 Å². The summed E-state index contributed by atoms with van der Waals surface area (Å²) in [6, 6.07) is 0. The van der Waals surface area contributed by atoms with Crippen LogP contribution in [0.1, 0.15) is 90.4 Å². The summed E-state index contributed by atoms with van der Waals surface area (Å²) in [7, 11) is -0.0808. The number of unbranched alkanes of at least 4 members (excludes halogenated alkanes) is 12. The monoisotopic (exact) mass is 259 g/mol. The standard InChI is InChI=1S/C15H32OP/c1-2-3-4-5-6-7-8-9-10-11-12-13-14-15-17-16/h17H,2-15H2,1H3. The Kier molecular flexibility index (Phi) is 16.2. The number of hydrogen-bond acceptors (Lipinski definition) is 1. The summed E-state index contributed by atoms with van der Waals surface area (Å²) in [5.41, 5.74) is 0. The Morgan fingerprint density at radius 1 is 0.588 bits per heavy atom. The molecule has 103 valence electrons. The highest BCUT2D eigenvalue weighted by Gasteiger charge is 1.93. The third kappa shape index (κ3) is 16.1. The average molecular weight is 259 g/mol. The van der Waals surface area contributed by atoms with Gasteiger partial charge in [0.1, 0.15) is 0 Å². The molecule has 0 fully saturated rings. The lowest BCUT2D eigenvalue weighted by atomic mass is 10.1. The number of hydrogen-bond donors (Lipinski definition) is 0. The second-order valence-corrected chi connectivity index (χ2v) is 5.93. The molecule has 0 saturated heterocycles. The van der Waals surface area contributed by atoms with E-state index in [1.165, 1.54) is 83.5 Å². The van der Waals surface area contributed by atoms with Gasteiger partial charge in [-0.05, 0) is 6.42 Å². The largest absolute Gasteiger partial charge is 0.291 e. The molecule has 1 atom stereocenters. The maximum Gasteiger partial charge on any atom is 0.0581 e. The molecular formula is C15H32OP. The maximum absolute atomic E-state index is 10.3.